The Bertz CT molecular complexity index is 156. The van der Waals surface area contributed by atoms with Crippen LogP contribution in [-0.2, 0) is 0 Å². The van der Waals surface area contributed by atoms with Crippen LogP contribution in [0.3, 0.4) is 0 Å². The van der Waals surface area contributed by atoms with Crippen LogP contribution in [0.5, 0.6) is 0 Å². The lowest BCUT2D eigenvalue weighted by molar-refractivity contribution is 0.136. The molecule has 0 amide bonds. The Kier molecular flexibility index (Phi) is 1.84. The van der Waals surface area contributed by atoms with E-state index in [2.05, 4.69) is 6.08 Å². The summed E-state index contributed by atoms with van der Waals surface area (Å²) in [7, 11) is 0. The van der Waals surface area contributed by atoms with Gasteiger partial charge in [-0.15, -0.1) is 0 Å². The molecule has 0 aliphatic heterocycles. The van der Waals surface area contributed by atoms with Gasteiger partial charge in [-0.25, -0.2) is 4.39 Å². The van der Waals surface area contributed by atoms with Crippen LogP contribution >= 0.6 is 0 Å². The molecule has 0 N–H and O–H groups in total. The monoisotopic (exact) mass is 142 g/mol. The minimum absolute atomic E-state index is 0.125. The predicted octanol–water partition coefficient (Wildman–Crippen LogP) is 3.09. The molecule has 1 aliphatic rings. The van der Waals surface area contributed by atoms with Crippen LogP contribution in [0.25, 0.3) is 0 Å². The highest BCUT2D eigenvalue weighted by Gasteiger charge is 2.31. The van der Waals surface area contributed by atoms with Gasteiger partial charge in [-0.2, -0.15) is 0 Å². The van der Waals surface area contributed by atoms with E-state index in [0.29, 0.717) is 6.42 Å². The van der Waals surface area contributed by atoms with Crippen LogP contribution in [0, 0.1) is 5.41 Å². The Morgan fingerprint density at radius 2 is 2.20 bits per heavy atom. The molecule has 1 heteroatoms. The molecule has 0 radical (unpaired) electrons. The van der Waals surface area contributed by atoms with E-state index in [9.17, 15) is 4.39 Å². The summed E-state index contributed by atoms with van der Waals surface area (Å²) < 4.78 is 13.2. The molecule has 0 fully saturated rings. The molecule has 1 rings (SSSR count). The normalized spacial score (nSPS) is 31.6. The van der Waals surface area contributed by atoms with Crippen LogP contribution in [0.15, 0.2) is 11.6 Å². The summed E-state index contributed by atoms with van der Waals surface area (Å²) >= 11 is 0. The zero-order chi connectivity index (χ0) is 7.78. The number of hydrogen-bond acceptors (Lipinski definition) is 0. The van der Waals surface area contributed by atoms with E-state index in [4.69, 9.17) is 0 Å². The lowest BCUT2D eigenvalue weighted by Crippen LogP contribution is -2.28. The fourth-order valence-corrected chi connectivity index (χ4v) is 1.21. The van der Waals surface area contributed by atoms with Gasteiger partial charge in [0.15, 0.2) is 0 Å². The molecule has 1 unspecified atom stereocenters. The van der Waals surface area contributed by atoms with Gasteiger partial charge < -0.3 is 0 Å². The third-order valence-electron chi connectivity index (χ3n) is 2.33. The Morgan fingerprint density at radius 1 is 1.60 bits per heavy atom. The van der Waals surface area contributed by atoms with Crippen molar-refractivity contribution in [2.75, 3.05) is 0 Å². The second-order valence-electron chi connectivity index (χ2n) is 3.91. The fourth-order valence-electron chi connectivity index (χ4n) is 1.21. The molecule has 0 aromatic rings. The molecule has 0 aromatic carbocycles. The number of halogens is 1. The Balaban J connectivity index is 2.70. The van der Waals surface area contributed by atoms with Crippen molar-refractivity contribution >= 4 is 0 Å². The summed E-state index contributed by atoms with van der Waals surface area (Å²) in [6.45, 7) is 5.98. The van der Waals surface area contributed by atoms with Gasteiger partial charge in [-0.1, -0.05) is 25.5 Å². The highest BCUT2D eigenvalue weighted by Crippen LogP contribution is 2.36. The maximum atomic E-state index is 13.2. The summed E-state index contributed by atoms with van der Waals surface area (Å²) in [4.78, 5) is 0. The van der Waals surface area contributed by atoms with E-state index in [1.807, 2.05) is 20.8 Å². The van der Waals surface area contributed by atoms with E-state index in [1.54, 1.807) is 0 Å². The number of rotatable bonds is 0. The molecule has 0 heterocycles. The van der Waals surface area contributed by atoms with Crippen LogP contribution in [0.2, 0.25) is 0 Å². The topological polar surface area (TPSA) is 0 Å². The first-order valence-corrected chi connectivity index (χ1v) is 3.82. The highest BCUT2D eigenvalue weighted by atomic mass is 19.1. The second-order valence-corrected chi connectivity index (χ2v) is 3.91. The van der Waals surface area contributed by atoms with Crippen molar-refractivity contribution in [2.45, 2.75) is 39.8 Å². The van der Waals surface area contributed by atoms with Gasteiger partial charge in [0.1, 0.15) is 6.17 Å². The fraction of sp³-hybridized carbons (Fsp3) is 0.778. The van der Waals surface area contributed by atoms with Crippen molar-refractivity contribution in [1.82, 2.24) is 0 Å². The molecule has 0 saturated heterocycles. The van der Waals surface area contributed by atoms with E-state index >= 15 is 0 Å². The summed E-state index contributed by atoms with van der Waals surface area (Å²) in [5, 5.41) is 0. The van der Waals surface area contributed by atoms with Gasteiger partial charge in [0.2, 0.25) is 0 Å². The molecule has 1 atom stereocenters. The Labute approximate surface area is 62.1 Å². The standard InChI is InChI=1S/C9H15F/c1-7-4-5-9(2,3)8(10)6-7/h4,8H,5-6H2,1-3H3. The van der Waals surface area contributed by atoms with Crippen molar-refractivity contribution in [3.05, 3.63) is 11.6 Å². The first-order chi connectivity index (χ1) is 4.52. The Hall–Kier alpha value is -0.330. The lowest BCUT2D eigenvalue weighted by atomic mass is 9.77. The third-order valence-corrected chi connectivity index (χ3v) is 2.33. The zero-order valence-electron chi connectivity index (χ0n) is 6.95. The molecule has 10 heavy (non-hydrogen) atoms. The maximum absolute atomic E-state index is 13.2. The molecule has 0 bridgehead atoms. The van der Waals surface area contributed by atoms with E-state index in [1.165, 1.54) is 5.57 Å². The summed E-state index contributed by atoms with van der Waals surface area (Å²) in [6.07, 6.45) is 3.03. The molecule has 0 spiro atoms. The largest absolute Gasteiger partial charge is 0.247 e. The van der Waals surface area contributed by atoms with Gasteiger partial charge in [-0.05, 0) is 25.2 Å². The van der Waals surface area contributed by atoms with Gasteiger partial charge in [0.05, 0.1) is 0 Å². The minimum Gasteiger partial charge on any atom is -0.247 e. The molecule has 0 saturated carbocycles. The van der Waals surface area contributed by atoms with Crippen molar-refractivity contribution < 1.29 is 4.39 Å². The molecular weight excluding hydrogens is 127 g/mol. The summed E-state index contributed by atoms with van der Waals surface area (Å²) in [6, 6.07) is 0. The quantitative estimate of drug-likeness (QED) is 0.456. The van der Waals surface area contributed by atoms with Crippen LogP contribution < -0.4 is 0 Å². The van der Waals surface area contributed by atoms with Gasteiger partial charge in [0, 0.05) is 0 Å². The van der Waals surface area contributed by atoms with E-state index in [0.717, 1.165) is 6.42 Å². The maximum Gasteiger partial charge on any atom is 0.109 e. The number of allylic oxidation sites excluding steroid dienone is 2. The third kappa shape index (κ3) is 1.39. The Morgan fingerprint density at radius 3 is 2.60 bits per heavy atom. The van der Waals surface area contributed by atoms with Crippen molar-refractivity contribution in [2.24, 2.45) is 5.41 Å². The van der Waals surface area contributed by atoms with Gasteiger partial charge >= 0.3 is 0 Å². The first kappa shape index (κ1) is 7.77. The predicted molar refractivity (Wildman–Crippen MR) is 41.7 cm³/mol. The van der Waals surface area contributed by atoms with Crippen molar-refractivity contribution in [3.63, 3.8) is 0 Å². The molecule has 0 aromatic heterocycles. The average Bonchev–Trinajstić information content (AvgIpc) is 1.81. The van der Waals surface area contributed by atoms with Crippen LogP contribution in [0.4, 0.5) is 4.39 Å². The highest BCUT2D eigenvalue weighted by molar-refractivity contribution is 5.08. The molecule has 0 nitrogen and oxygen atoms in total. The van der Waals surface area contributed by atoms with Gasteiger partial charge in [0.25, 0.3) is 0 Å². The van der Waals surface area contributed by atoms with Gasteiger partial charge in [-0.3, -0.25) is 0 Å². The average molecular weight is 142 g/mol. The molecule has 58 valence electrons. The summed E-state index contributed by atoms with van der Waals surface area (Å²) in [5.74, 6) is 0. The van der Waals surface area contributed by atoms with Crippen LogP contribution in [0.1, 0.15) is 33.6 Å². The van der Waals surface area contributed by atoms with E-state index < -0.39 is 6.17 Å². The van der Waals surface area contributed by atoms with Crippen LogP contribution in [-0.4, -0.2) is 6.17 Å². The second kappa shape index (κ2) is 2.37. The minimum atomic E-state index is -0.641. The zero-order valence-corrected chi connectivity index (χ0v) is 6.95. The number of hydrogen-bond donors (Lipinski definition) is 0. The lowest BCUT2D eigenvalue weighted by Gasteiger charge is -2.31. The van der Waals surface area contributed by atoms with E-state index in [-0.39, 0.29) is 5.41 Å². The SMILES string of the molecule is CC1=CCC(C)(C)C(F)C1. The molecular formula is C9H15F. The number of alkyl halides is 1. The molecule has 1 aliphatic carbocycles. The smallest absolute Gasteiger partial charge is 0.109 e. The first-order valence-electron chi connectivity index (χ1n) is 3.82. The summed E-state index contributed by atoms with van der Waals surface area (Å²) in [5.41, 5.74) is 1.08. The van der Waals surface area contributed by atoms with Crippen molar-refractivity contribution in [3.8, 4) is 0 Å². The van der Waals surface area contributed by atoms with Crippen molar-refractivity contribution in [1.29, 1.82) is 0 Å².